The van der Waals surface area contributed by atoms with Crippen LogP contribution in [0.1, 0.15) is 17.2 Å². The summed E-state index contributed by atoms with van der Waals surface area (Å²) < 4.78 is 32.2. The van der Waals surface area contributed by atoms with Crippen molar-refractivity contribution in [3.8, 4) is 12.0 Å². The summed E-state index contributed by atoms with van der Waals surface area (Å²) in [6, 6.07) is 18.5. The van der Waals surface area contributed by atoms with E-state index >= 15 is 0 Å². The minimum absolute atomic E-state index is 0.0759. The second-order valence-corrected chi connectivity index (χ2v) is 8.50. The Morgan fingerprint density at radius 3 is 2.55 bits per heavy atom. The molecule has 29 heavy (non-hydrogen) atoms. The molecule has 150 valence electrons. The van der Waals surface area contributed by atoms with Crippen LogP contribution in [0.3, 0.4) is 0 Å². The highest BCUT2D eigenvalue weighted by Gasteiger charge is 2.33. The van der Waals surface area contributed by atoms with Crippen molar-refractivity contribution in [1.29, 1.82) is 0 Å². The average Bonchev–Trinajstić information content (AvgIpc) is 3.09. The second-order valence-electron chi connectivity index (χ2n) is 6.56. The highest BCUT2D eigenvalue weighted by atomic mass is 32.2. The van der Waals surface area contributed by atoms with Gasteiger partial charge in [-0.2, -0.15) is 4.31 Å². The van der Waals surface area contributed by atoms with Crippen molar-refractivity contribution in [2.24, 2.45) is 0 Å². The van der Waals surface area contributed by atoms with E-state index in [1.54, 1.807) is 24.3 Å². The van der Waals surface area contributed by atoms with E-state index in [2.05, 4.69) is 18.5 Å². The highest BCUT2D eigenvalue weighted by Crippen LogP contribution is 2.26. The number of hydrogen-bond donors (Lipinski definition) is 0. The monoisotopic (exact) mass is 410 g/mol. The SMILES string of the molecule is C=CCN(CC#CN1C(=O)OC[C@H]1c1ccccc1)S(=O)(=O)c1ccc(C)cc1. The predicted octanol–water partition coefficient (Wildman–Crippen LogP) is 3.33. The Morgan fingerprint density at radius 1 is 1.21 bits per heavy atom. The van der Waals surface area contributed by atoms with E-state index in [9.17, 15) is 13.2 Å². The van der Waals surface area contributed by atoms with Gasteiger partial charge in [-0.1, -0.05) is 60.0 Å². The fraction of sp³-hybridized carbons (Fsp3) is 0.227. The van der Waals surface area contributed by atoms with Gasteiger partial charge in [-0.3, -0.25) is 0 Å². The summed E-state index contributed by atoms with van der Waals surface area (Å²) in [6.45, 7) is 5.76. The molecular weight excluding hydrogens is 388 g/mol. The topological polar surface area (TPSA) is 66.9 Å². The van der Waals surface area contributed by atoms with Gasteiger partial charge >= 0.3 is 6.09 Å². The molecule has 1 fully saturated rings. The fourth-order valence-electron chi connectivity index (χ4n) is 2.93. The number of amides is 1. The molecule has 1 aliphatic rings. The third-order valence-electron chi connectivity index (χ3n) is 4.50. The van der Waals surface area contributed by atoms with E-state index in [1.165, 1.54) is 15.3 Å². The molecule has 1 atom stereocenters. The maximum absolute atomic E-state index is 12.9. The zero-order chi connectivity index (χ0) is 20.9. The molecule has 3 rings (SSSR count). The molecule has 2 aromatic carbocycles. The van der Waals surface area contributed by atoms with Gasteiger partial charge in [0.05, 0.1) is 11.4 Å². The maximum atomic E-state index is 12.9. The van der Waals surface area contributed by atoms with Crippen LogP contribution in [-0.2, 0) is 14.8 Å². The molecule has 0 bridgehead atoms. The Hall–Kier alpha value is -3.08. The minimum atomic E-state index is -3.73. The van der Waals surface area contributed by atoms with E-state index in [-0.39, 0.29) is 30.6 Å². The van der Waals surface area contributed by atoms with Crippen molar-refractivity contribution in [3.05, 3.63) is 78.4 Å². The summed E-state index contributed by atoms with van der Waals surface area (Å²) >= 11 is 0. The molecule has 0 unspecified atom stereocenters. The minimum Gasteiger partial charge on any atom is -0.446 e. The zero-order valence-electron chi connectivity index (χ0n) is 16.1. The van der Waals surface area contributed by atoms with Crippen molar-refractivity contribution >= 4 is 16.1 Å². The van der Waals surface area contributed by atoms with Crippen LogP contribution < -0.4 is 0 Å². The first kappa shape index (κ1) is 20.6. The molecular formula is C22H22N2O4S. The van der Waals surface area contributed by atoms with Gasteiger partial charge in [-0.25, -0.2) is 18.1 Å². The van der Waals surface area contributed by atoms with Crippen molar-refractivity contribution in [3.63, 3.8) is 0 Å². The fourth-order valence-corrected chi connectivity index (χ4v) is 4.24. The Bertz CT molecular complexity index is 1040. The van der Waals surface area contributed by atoms with E-state index in [0.717, 1.165) is 11.1 Å². The lowest BCUT2D eigenvalue weighted by atomic mass is 10.1. The first-order valence-corrected chi connectivity index (χ1v) is 10.5. The normalized spacial score (nSPS) is 16.3. The van der Waals surface area contributed by atoms with E-state index in [4.69, 9.17) is 4.74 Å². The third-order valence-corrected chi connectivity index (χ3v) is 6.33. The molecule has 0 N–H and O–H groups in total. The van der Waals surface area contributed by atoms with Crippen molar-refractivity contribution in [2.75, 3.05) is 19.7 Å². The van der Waals surface area contributed by atoms with Gasteiger partial charge < -0.3 is 4.74 Å². The van der Waals surface area contributed by atoms with Crippen LogP contribution in [0.2, 0.25) is 0 Å². The summed E-state index contributed by atoms with van der Waals surface area (Å²) in [6.07, 6.45) is 0.965. The third kappa shape index (κ3) is 4.67. The van der Waals surface area contributed by atoms with Gasteiger partial charge in [0.25, 0.3) is 0 Å². The second kappa shape index (κ2) is 8.95. The molecule has 6 nitrogen and oxygen atoms in total. The summed E-state index contributed by atoms with van der Waals surface area (Å²) in [5, 5.41) is 0. The molecule has 1 saturated heterocycles. The Labute approximate surface area is 171 Å². The number of nitrogens with zero attached hydrogens (tertiary/aromatic N) is 2. The van der Waals surface area contributed by atoms with Crippen molar-refractivity contribution in [1.82, 2.24) is 9.21 Å². The smallest absolute Gasteiger partial charge is 0.422 e. The quantitative estimate of drug-likeness (QED) is 0.541. The number of benzene rings is 2. The van der Waals surface area contributed by atoms with Crippen LogP contribution in [0.15, 0.2) is 72.1 Å². The van der Waals surface area contributed by atoms with E-state index in [1.807, 2.05) is 37.3 Å². The predicted molar refractivity (Wildman–Crippen MR) is 110 cm³/mol. The molecule has 1 amide bonds. The largest absolute Gasteiger partial charge is 0.446 e. The van der Waals surface area contributed by atoms with Gasteiger partial charge in [0.2, 0.25) is 10.0 Å². The number of rotatable bonds is 6. The number of sulfonamides is 1. The molecule has 0 radical (unpaired) electrons. The lowest BCUT2D eigenvalue weighted by Crippen LogP contribution is -2.32. The number of aryl methyl sites for hydroxylation is 1. The van der Waals surface area contributed by atoms with Crippen LogP contribution in [0.4, 0.5) is 4.79 Å². The van der Waals surface area contributed by atoms with E-state index < -0.39 is 16.1 Å². The molecule has 0 spiro atoms. The van der Waals surface area contributed by atoms with Crippen molar-refractivity contribution in [2.45, 2.75) is 17.9 Å². The summed E-state index contributed by atoms with van der Waals surface area (Å²) in [4.78, 5) is 13.6. The van der Waals surface area contributed by atoms with Crippen LogP contribution in [0, 0.1) is 18.9 Å². The van der Waals surface area contributed by atoms with Crippen LogP contribution in [-0.4, -0.2) is 43.4 Å². The number of ether oxygens (including phenoxy) is 1. The van der Waals surface area contributed by atoms with Crippen molar-refractivity contribution < 1.29 is 17.9 Å². The summed E-state index contributed by atoms with van der Waals surface area (Å²) in [5.41, 5.74) is 1.88. The first-order chi connectivity index (χ1) is 13.9. The van der Waals surface area contributed by atoms with Gasteiger partial charge in [0.15, 0.2) is 0 Å². The van der Waals surface area contributed by atoms with Gasteiger partial charge in [-0.05, 0) is 24.6 Å². The van der Waals surface area contributed by atoms with Gasteiger partial charge in [0.1, 0.15) is 12.6 Å². The number of cyclic esters (lactones) is 1. The van der Waals surface area contributed by atoms with Gasteiger partial charge in [0, 0.05) is 12.6 Å². The van der Waals surface area contributed by atoms with Gasteiger partial charge in [-0.15, -0.1) is 6.58 Å². The molecule has 0 aromatic heterocycles. The maximum Gasteiger partial charge on any atom is 0.422 e. The molecule has 0 saturated carbocycles. The Balaban J connectivity index is 1.80. The van der Waals surface area contributed by atoms with E-state index in [0.29, 0.717) is 0 Å². The highest BCUT2D eigenvalue weighted by molar-refractivity contribution is 7.89. The molecule has 0 aliphatic carbocycles. The van der Waals surface area contributed by atoms with Crippen LogP contribution >= 0.6 is 0 Å². The lowest BCUT2D eigenvalue weighted by Gasteiger charge is -2.19. The lowest BCUT2D eigenvalue weighted by molar-refractivity contribution is 0.167. The number of carbonyl (C=O) groups is 1. The number of carbonyl (C=O) groups excluding carboxylic acids is 1. The van der Waals surface area contributed by atoms with Crippen LogP contribution in [0.25, 0.3) is 0 Å². The van der Waals surface area contributed by atoms with Crippen LogP contribution in [0.5, 0.6) is 0 Å². The standard InChI is InChI=1S/C22H22N2O4S/c1-3-14-23(29(26,27)20-12-10-18(2)11-13-20)15-7-16-24-21(17-28-22(24)25)19-8-5-4-6-9-19/h3-6,8-13,21H,1,14-15,17H2,2H3/t21-/m0/s1. The molecule has 1 heterocycles. The molecule has 2 aromatic rings. The zero-order valence-corrected chi connectivity index (χ0v) is 16.9. The Morgan fingerprint density at radius 2 is 1.90 bits per heavy atom. The molecule has 7 heteroatoms. The summed E-state index contributed by atoms with van der Waals surface area (Å²) in [7, 11) is -3.73. The number of hydrogen-bond acceptors (Lipinski definition) is 4. The average molecular weight is 410 g/mol. The summed E-state index contributed by atoms with van der Waals surface area (Å²) in [5.74, 6) is 2.80. The molecule has 1 aliphatic heterocycles. The Kier molecular flexibility index (Phi) is 6.37. The first-order valence-electron chi connectivity index (χ1n) is 9.10.